The summed E-state index contributed by atoms with van der Waals surface area (Å²) in [6, 6.07) is 0.399. The van der Waals surface area contributed by atoms with Gasteiger partial charge in [0, 0.05) is 6.07 Å². The van der Waals surface area contributed by atoms with Gasteiger partial charge in [-0.3, -0.25) is 4.79 Å². The van der Waals surface area contributed by atoms with E-state index in [2.05, 4.69) is 0 Å². The molecule has 0 spiro atoms. The van der Waals surface area contributed by atoms with E-state index in [1.165, 1.54) is 0 Å². The van der Waals surface area contributed by atoms with Crippen LogP contribution in [0.3, 0.4) is 0 Å². The first-order valence-electron chi connectivity index (χ1n) is 4.31. The summed E-state index contributed by atoms with van der Waals surface area (Å²) in [6.07, 6.45) is 0. The second-order valence-corrected chi connectivity index (χ2v) is 3.35. The lowest BCUT2D eigenvalue weighted by Crippen LogP contribution is -2.33. The average Bonchev–Trinajstić information content (AvgIpc) is 2.20. The van der Waals surface area contributed by atoms with Crippen molar-refractivity contribution in [3.8, 4) is 0 Å². The molecule has 0 radical (unpaired) electrons. The zero-order valence-electron chi connectivity index (χ0n) is 8.26. The van der Waals surface area contributed by atoms with Gasteiger partial charge in [-0.1, -0.05) is 11.6 Å². The van der Waals surface area contributed by atoms with Crippen molar-refractivity contribution in [3.05, 3.63) is 28.8 Å². The molecule has 5 nitrogen and oxygen atoms in total. The van der Waals surface area contributed by atoms with Crippen molar-refractivity contribution in [2.75, 3.05) is 11.9 Å². The van der Waals surface area contributed by atoms with Crippen molar-refractivity contribution in [1.82, 2.24) is 5.32 Å². The molecule has 0 aliphatic heterocycles. The summed E-state index contributed by atoms with van der Waals surface area (Å²) in [5.41, 5.74) is -0.420. The van der Waals surface area contributed by atoms with Gasteiger partial charge in [0.15, 0.2) is 5.82 Å². The van der Waals surface area contributed by atoms with Crippen LogP contribution >= 0.6 is 11.6 Å². The van der Waals surface area contributed by atoms with E-state index in [0.29, 0.717) is 6.07 Å². The van der Waals surface area contributed by atoms with E-state index in [1.807, 2.05) is 10.6 Å². The largest absolute Gasteiger partial charge is 0.480 e. The van der Waals surface area contributed by atoms with Gasteiger partial charge >= 0.3 is 12.0 Å². The minimum atomic E-state index is -1.26. The molecule has 1 rings (SSSR count). The Hall–Kier alpha value is -1.89. The van der Waals surface area contributed by atoms with E-state index in [9.17, 15) is 18.4 Å². The predicted molar refractivity (Wildman–Crippen MR) is 56.0 cm³/mol. The summed E-state index contributed by atoms with van der Waals surface area (Å²) in [4.78, 5) is 21.2. The van der Waals surface area contributed by atoms with Crippen LogP contribution in [-0.4, -0.2) is 23.7 Å². The molecule has 0 fully saturated rings. The molecule has 8 heteroatoms. The average molecular weight is 265 g/mol. The number of amides is 2. The number of hydrogen-bond acceptors (Lipinski definition) is 2. The molecular weight excluding hydrogens is 258 g/mol. The van der Waals surface area contributed by atoms with Gasteiger partial charge in [-0.15, -0.1) is 0 Å². The number of carboxylic acids is 1. The fourth-order valence-corrected chi connectivity index (χ4v) is 1.22. The first-order chi connectivity index (χ1) is 7.90. The van der Waals surface area contributed by atoms with Crippen LogP contribution in [0.15, 0.2) is 12.1 Å². The van der Waals surface area contributed by atoms with Crippen molar-refractivity contribution >= 4 is 29.3 Å². The van der Waals surface area contributed by atoms with E-state index in [4.69, 9.17) is 16.7 Å². The SMILES string of the molecule is O=C(O)CNC(=O)Nc1c(F)cc(F)cc1Cl. The van der Waals surface area contributed by atoms with Crippen LogP contribution in [0.5, 0.6) is 0 Å². The summed E-state index contributed by atoms with van der Waals surface area (Å²) in [5.74, 6) is -3.20. The Kier molecular flexibility index (Phi) is 4.22. The number of aliphatic carboxylic acids is 1. The molecule has 0 atom stereocenters. The van der Waals surface area contributed by atoms with Gasteiger partial charge in [0.1, 0.15) is 12.4 Å². The minimum absolute atomic E-state index is 0.326. The number of urea groups is 1. The lowest BCUT2D eigenvalue weighted by Gasteiger charge is -2.08. The summed E-state index contributed by atoms with van der Waals surface area (Å²) in [7, 11) is 0. The fourth-order valence-electron chi connectivity index (χ4n) is 0.975. The first-order valence-corrected chi connectivity index (χ1v) is 4.69. The van der Waals surface area contributed by atoms with Crippen molar-refractivity contribution in [3.63, 3.8) is 0 Å². The van der Waals surface area contributed by atoms with E-state index in [0.717, 1.165) is 6.07 Å². The van der Waals surface area contributed by atoms with Gasteiger partial charge in [0.05, 0.1) is 10.7 Å². The molecule has 1 aromatic carbocycles. The maximum atomic E-state index is 13.2. The second-order valence-electron chi connectivity index (χ2n) is 2.95. The third kappa shape index (κ3) is 3.87. The Balaban J connectivity index is 2.75. The van der Waals surface area contributed by atoms with Crippen LogP contribution in [0.2, 0.25) is 5.02 Å². The highest BCUT2D eigenvalue weighted by Gasteiger charge is 2.13. The fraction of sp³-hybridized carbons (Fsp3) is 0.111. The standard InChI is InChI=1S/C9H7ClF2N2O3/c10-5-1-4(11)2-6(12)8(5)14-9(17)13-3-7(15)16/h1-2H,3H2,(H,15,16)(H2,13,14,17). The Morgan fingerprint density at radius 1 is 1.35 bits per heavy atom. The minimum Gasteiger partial charge on any atom is -0.480 e. The maximum absolute atomic E-state index is 13.2. The van der Waals surface area contributed by atoms with E-state index >= 15 is 0 Å². The molecule has 0 aliphatic rings. The topological polar surface area (TPSA) is 78.4 Å². The van der Waals surface area contributed by atoms with Crippen molar-refractivity contribution < 1.29 is 23.5 Å². The zero-order valence-corrected chi connectivity index (χ0v) is 9.02. The normalized spacial score (nSPS) is 9.82. The van der Waals surface area contributed by atoms with Gasteiger partial charge in [-0.05, 0) is 6.07 Å². The zero-order chi connectivity index (χ0) is 13.0. The quantitative estimate of drug-likeness (QED) is 0.779. The van der Waals surface area contributed by atoms with Gasteiger partial charge < -0.3 is 15.7 Å². The van der Waals surface area contributed by atoms with Gasteiger partial charge in [-0.2, -0.15) is 0 Å². The van der Waals surface area contributed by atoms with E-state index < -0.39 is 35.9 Å². The monoisotopic (exact) mass is 264 g/mol. The molecule has 0 heterocycles. The lowest BCUT2D eigenvalue weighted by molar-refractivity contribution is -0.135. The number of carbonyl (C=O) groups is 2. The molecule has 2 amide bonds. The molecule has 0 saturated carbocycles. The maximum Gasteiger partial charge on any atom is 0.323 e. The van der Waals surface area contributed by atoms with Gasteiger partial charge in [-0.25, -0.2) is 13.6 Å². The van der Waals surface area contributed by atoms with Crippen LogP contribution in [0.25, 0.3) is 0 Å². The molecule has 1 aromatic rings. The molecule has 0 bridgehead atoms. The molecule has 0 saturated heterocycles. The third-order valence-electron chi connectivity index (χ3n) is 1.65. The smallest absolute Gasteiger partial charge is 0.323 e. The number of anilines is 1. The van der Waals surface area contributed by atoms with Crippen molar-refractivity contribution in [2.24, 2.45) is 0 Å². The number of benzene rings is 1. The Morgan fingerprint density at radius 2 is 2.00 bits per heavy atom. The molecule has 17 heavy (non-hydrogen) atoms. The second kappa shape index (κ2) is 5.44. The molecular formula is C9H7ClF2N2O3. The summed E-state index contributed by atoms with van der Waals surface area (Å²) >= 11 is 5.50. The highest BCUT2D eigenvalue weighted by Crippen LogP contribution is 2.26. The Labute approximate surface area is 99.4 Å². The van der Waals surface area contributed by atoms with Crippen LogP contribution in [-0.2, 0) is 4.79 Å². The summed E-state index contributed by atoms with van der Waals surface area (Å²) < 4.78 is 25.9. The van der Waals surface area contributed by atoms with Crippen molar-refractivity contribution in [2.45, 2.75) is 0 Å². The molecule has 92 valence electrons. The van der Waals surface area contributed by atoms with Gasteiger partial charge in [0.2, 0.25) is 0 Å². The number of rotatable bonds is 3. The Morgan fingerprint density at radius 3 is 2.53 bits per heavy atom. The predicted octanol–water partition coefficient (Wildman–Crippen LogP) is 1.82. The van der Waals surface area contributed by atoms with E-state index in [1.54, 1.807) is 0 Å². The molecule has 0 aromatic heterocycles. The van der Waals surface area contributed by atoms with Crippen molar-refractivity contribution in [1.29, 1.82) is 0 Å². The third-order valence-corrected chi connectivity index (χ3v) is 1.94. The van der Waals surface area contributed by atoms with Crippen LogP contribution < -0.4 is 10.6 Å². The number of hydrogen-bond donors (Lipinski definition) is 3. The van der Waals surface area contributed by atoms with Gasteiger partial charge in [0.25, 0.3) is 0 Å². The highest BCUT2D eigenvalue weighted by atomic mass is 35.5. The number of halogens is 3. The summed E-state index contributed by atoms with van der Waals surface area (Å²) in [6.45, 7) is -0.633. The molecule has 3 N–H and O–H groups in total. The number of carbonyl (C=O) groups excluding carboxylic acids is 1. The Bertz CT molecular complexity index is 445. The van der Waals surface area contributed by atoms with Crippen LogP contribution in [0.4, 0.5) is 19.3 Å². The molecule has 0 unspecified atom stereocenters. The first kappa shape index (κ1) is 13.2. The number of nitrogens with one attached hydrogen (secondary N) is 2. The lowest BCUT2D eigenvalue weighted by atomic mass is 10.3. The van der Waals surface area contributed by atoms with E-state index in [-0.39, 0.29) is 5.02 Å². The van der Waals surface area contributed by atoms with Crippen LogP contribution in [0.1, 0.15) is 0 Å². The highest BCUT2D eigenvalue weighted by molar-refractivity contribution is 6.33. The van der Waals surface area contributed by atoms with Crippen LogP contribution in [0, 0.1) is 11.6 Å². The molecule has 0 aliphatic carbocycles. The number of carboxylic acid groups (broad SMARTS) is 1. The summed E-state index contributed by atoms with van der Waals surface area (Å²) in [5, 5.41) is 11.9.